The number of esters is 1. The minimum absolute atomic E-state index is 0.00126. The molecule has 0 saturated carbocycles. The molecule has 0 radical (unpaired) electrons. The SMILES string of the molecule is CC1=NC(C)=C(C(=O)OCCC#N)C(c2ccccc2Cl)C1C#N. The number of aliphatic imine (C=N–C) groups is 1. The summed E-state index contributed by atoms with van der Waals surface area (Å²) in [6.45, 7) is 3.47. The molecular weight excluding hydrogens is 326 g/mol. The number of rotatable bonds is 4. The number of carbonyl (C=O) groups excluding carboxylic acids is 1. The minimum atomic E-state index is -0.605. The first-order valence-corrected chi connectivity index (χ1v) is 7.83. The normalized spacial score (nSPS) is 20.0. The molecule has 0 aliphatic carbocycles. The topological polar surface area (TPSA) is 86.2 Å². The van der Waals surface area contributed by atoms with Crippen molar-refractivity contribution in [2.24, 2.45) is 10.9 Å². The molecule has 0 fully saturated rings. The number of hydrogen-bond acceptors (Lipinski definition) is 5. The van der Waals surface area contributed by atoms with Crippen LogP contribution in [0.5, 0.6) is 0 Å². The lowest BCUT2D eigenvalue weighted by Crippen LogP contribution is -2.29. The van der Waals surface area contributed by atoms with Crippen LogP contribution in [0.15, 0.2) is 40.5 Å². The van der Waals surface area contributed by atoms with Gasteiger partial charge in [0.05, 0.1) is 30.1 Å². The van der Waals surface area contributed by atoms with E-state index in [1.165, 1.54) is 0 Å². The molecule has 0 amide bonds. The zero-order valence-corrected chi connectivity index (χ0v) is 14.2. The van der Waals surface area contributed by atoms with E-state index in [1.807, 2.05) is 12.1 Å². The maximum Gasteiger partial charge on any atom is 0.336 e. The van der Waals surface area contributed by atoms with Crippen LogP contribution in [0.2, 0.25) is 5.02 Å². The van der Waals surface area contributed by atoms with E-state index in [0.717, 1.165) is 0 Å². The standard InChI is InChI=1S/C18H16ClN3O2/c1-11-14(10-21)17(13-6-3-4-7-15(13)19)16(12(2)22-11)18(23)24-9-5-8-20/h3-4,6-7,14,17H,5,9H2,1-2H3. The van der Waals surface area contributed by atoms with E-state index in [1.54, 1.807) is 32.0 Å². The van der Waals surface area contributed by atoms with Crippen molar-refractivity contribution in [3.05, 3.63) is 46.1 Å². The van der Waals surface area contributed by atoms with Gasteiger partial charge in [0.1, 0.15) is 6.61 Å². The Kier molecular flexibility index (Phi) is 5.73. The molecule has 1 aromatic carbocycles. The second-order valence-corrected chi connectivity index (χ2v) is 5.81. The van der Waals surface area contributed by atoms with Crippen LogP contribution in [0, 0.1) is 28.6 Å². The number of benzene rings is 1. The monoisotopic (exact) mass is 341 g/mol. The molecule has 0 bridgehead atoms. The van der Waals surface area contributed by atoms with Crippen molar-refractivity contribution in [1.82, 2.24) is 0 Å². The first-order valence-electron chi connectivity index (χ1n) is 7.45. The van der Waals surface area contributed by atoms with Crippen molar-refractivity contribution in [3.8, 4) is 12.1 Å². The summed E-state index contributed by atoms with van der Waals surface area (Å²) in [6.07, 6.45) is 0.110. The Balaban J connectivity index is 2.52. The molecule has 0 saturated heterocycles. The molecular formula is C18H16ClN3O2. The highest BCUT2D eigenvalue weighted by Crippen LogP contribution is 2.41. The Morgan fingerprint density at radius 2 is 2.04 bits per heavy atom. The van der Waals surface area contributed by atoms with Gasteiger partial charge in [-0.25, -0.2) is 4.79 Å². The van der Waals surface area contributed by atoms with Gasteiger partial charge < -0.3 is 4.74 Å². The minimum Gasteiger partial charge on any atom is -0.461 e. The number of ether oxygens (including phenoxy) is 1. The number of halogens is 1. The Morgan fingerprint density at radius 3 is 2.67 bits per heavy atom. The Morgan fingerprint density at radius 1 is 1.33 bits per heavy atom. The first-order chi connectivity index (χ1) is 11.5. The highest BCUT2D eigenvalue weighted by atomic mass is 35.5. The molecule has 0 aromatic heterocycles. The Bertz CT molecular complexity index is 799. The lowest BCUT2D eigenvalue weighted by atomic mass is 9.76. The van der Waals surface area contributed by atoms with Gasteiger partial charge in [0.15, 0.2) is 0 Å². The third-order valence-electron chi connectivity index (χ3n) is 3.87. The third kappa shape index (κ3) is 3.48. The molecule has 2 unspecified atom stereocenters. The van der Waals surface area contributed by atoms with Gasteiger partial charge in [-0.1, -0.05) is 29.8 Å². The zero-order valence-electron chi connectivity index (χ0n) is 13.4. The summed E-state index contributed by atoms with van der Waals surface area (Å²) in [5.41, 5.74) is 2.14. The van der Waals surface area contributed by atoms with Crippen LogP contribution in [0.4, 0.5) is 0 Å². The number of nitrogens with zero attached hydrogens (tertiary/aromatic N) is 3. The predicted molar refractivity (Wildman–Crippen MR) is 90.3 cm³/mol. The summed E-state index contributed by atoms with van der Waals surface area (Å²) in [6, 6.07) is 11.3. The van der Waals surface area contributed by atoms with Crippen LogP contribution < -0.4 is 0 Å². The van der Waals surface area contributed by atoms with Gasteiger partial charge in [0, 0.05) is 22.3 Å². The van der Waals surface area contributed by atoms with E-state index in [9.17, 15) is 10.1 Å². The number of nitriles is 2. The molecule has 0 N–H and O–H groups in total. The van der Waals surface area contributed by atoms with Crippen LogP contribution in [-0.2, 0) is 9.53 Å². The van der Waals surface area contributed by atoms with Crippen LogP contribution in [0.25, 0.3) is 0 Å². The molecule has 1 heterocycles. The van der Waals surface area contributed by atoms with E-state index in [4.69, 9.17) is 21.6 Å². The summed E-state index contributed by atoms with van der Waals surface area (Å²) in [7, 11) is 0. The largest absolute Gasteiger partial charge is 0.461 e. The number of allylic oxidation sites excluding steroid dienone is 1. The molecule has 5 nitrogen and oxygen atoms in total. The van der Waals surface area contributed by atoms with E-state index in [-0.39, 0.29) is 13.0 Å². The van der Waals surface area contributed by atoms with Crippen molar-refractivity contribution < 1.29 is 9.53 Å². The molecule has 1 aromatic rings. The van der Waals surface area contributed by atoms with Crippen molar-refractivity contribution in [2.45, 2.75) is 26.2 Å². The van der Waals surface area contributed by atoms with Gasteiger partial charge in [0.2, 0.25) is 0 Å². The molecule has 2 rings (SSSR count). The first kappa shape index (κ1) is 17.7. The zero-order chi connectivity index (χ0) is 17.7. The van der Waals surface area contributed by atoms with Crippen LogP contribution in [0.1, 0.15) is 31.7 Å². The molecule has 1 aliphatic rings. The number of hydrogen-bond donors (Lipinski definition) is 0. The van der Waals surface area contributed by atoms with Gasteiger partial charge in [-0.2, -0.15) is 10.5 Å². The van der Waals surface area contributed by atoms with Crippen molar-refractivity contribution in [2.75, 3.05) is 6.61 Å². The van der Waals surface area contributed by atoms with Gasteiger partial charge in [-0.05, 0) is 25.5 Å². The third-order valence-corrected chi connectivity index (χ3v) is 4.22. The smallest absolute Gasteiger partial charge is 0.336 e. The Hall–Kier alpha value is -2.63. The predicted octanol–water partition coefficient (Wildman–Crippen LogP) is 3.77. The van der Waals surface area contributed by atoms with E-state index in [2.05, 4.69) is 11.1 Å². The summed E-state index contributed by atoms with van der Waals surface area (Å²) in [5, 5.41) is 18.7. The van der Waals surface area contributed by atoms with Crippen LogP contribution in [-0.4, -0.2) is 18.3 Å². The second kappa shape index (κ2) is 7.77. The molecule has 122 valence electrons. The fourth-order valence-electron chi connectivity index (χ4n) is 2.80. The van der Waals surface area contributed by atoms with E-state index < -0.39 is 17.8 Å². The average molecular weight is 342 g/mol. The van der Waals surface area contributed by atoms with Gasteiger partial charge >= 0.3 is 5.97 Å². The van der Waals surface area contributed by atoms with Crippen LogP contribution >= 0.6 is 11.6 Å². The maximum absolute atomic E-state index is 12.5. The van der Waals surface area contributed by atoms with Gasteiger partial charge in [-0.15, -0.1) is 0 Å². The summed E-state index contributed by atoms with van der Waals surface area (Å²) in [4.78, 5) is 16.9. The quantitative estimate of drug-likeness (QED) is 0.616. The summed E-state index contributed by atoms with van der Waals surface area (Å²) in [5.74, 6) is -1.72. The van der Waals surface area contributed by atoms with Crippen molar-refractivity contribution in [3.63, 3.8) is 0 Å². The summed E-state index contributed by atoms with van der Waals surface area (Å²) >= 11 is 6.31. The molecule has 24 heavy (non-hydrogen) atoms. The molecule has 1 aliphatic heterocycles. The maximum atomic E-state index is 12.5. The van der Waals surface area contributed by atoms with Crippen molar-refractivity contribution in [1.29, 1.82) is 10.5 Å². The molecule has 2 atom stereocenters. The Labute approximate surface area is 145 Å². The van der Waals surface area contributed by atoms with E-state index >= 15 is 0 Å². The highest BCUT2D eigenvalue weighted by Gasteiger charge is 2.38. The van der Waals surface area contributed by atoms with Gasteiger partial charge in [-0.3, -0.25) is 4.99 Å². The molecule has 0 spiro atoms. The summed E-state index contributed by atoms with van der Waals surface area (Å²) < 4.78 is 5.17. The fraction of sp³-hybridized carbons (Fsp3) is 0.333. The highest BCUT2D eigenvalue weighted by molar-refractivity contribution is 6.31. The lowest BCUT2D eigenvalue weighted by Gasteiger charge is -2.29. The lowest BCUT2D eigenvalue weighted by molar-refractivity contribution is -0.139. The van der Waals surface area contributed by atoms with Gasteiger partial charge in [0.25, 0.3) is 0 Å². The molecule has 6 heteroatoms. The average Bonchev–Trinajstić information content (AvgIpc) is 2.55. The number of carbonyl (C=O) groups is 1. The fourth-order valence-corrected chi connectivity index (χ4v) is 3.05. The van der Waals surface area contributed by atoms with E-state index in [0.29, 0.717) is 27.6 Å². The second-order valence-electron chi connectivity index (χ2n) is 5.40. The van der Waals surface area contributed by atoms with Crippen LogP contribution in [0.3, 0.4) is 0 Å². The van der Waals surface area contributed by atoms with Crippen molar-refractivity contribution >= 4 is 23.3 Å².